The average molecular weight is 252 g/mol. The van der Waals surface area contributed by atoms with Crippen molar-refractivity contribution in [2.24, 2.45) is 0 Å². The number of thioether (sulfide) groups is 1. The minimum absolute atomic E-state index is 0.0575. The number of carbonyl (C=O) groups excluding carboxylic acids is 1. The number of hydrogen-bond acceptors (Lipinski definition) is 3. The number of amides is 1. The Labute approximate surface area is 107 Å². The molecule has 4 heteroatoms. The lowest BCUT2D eigenvalue weighted by Crippen LogP contribution is -2.27. The SMILES string of the molecule is CNC(=O)C(C)Sc1cccc(C(C)NC)c1. The fourth-order valence-electron chi connectivity index (χ4n) is 1.48. The van der Waals surface area contributed by atoms with Gasteiger partial charge < -0.3 is 10.6 Å². The van der Waals surface area contributed by atoms with E-state index in [1.54, 1.807) is 18.8 Å². The average Bonchev–Trinajstić information content (AvgIpc) is 2.37. The van der Waals surface area contributed by atoms with E-state index in [4.69, 9.17) is 0 Å². The first-order valence-electron chi connectivity index (χ1n) is 5.74. The highest BCUT2D eigenvalue weighted by atomic mass is 32.2. The van der Waals surface area contributed by atoms with Crippen LogP contribution in [-0.2, 0) is 4.79 Å². The van der Waals surface area contributed by atoms with Crippen molar-refractivity contribution in [2.75, 3.05) is 14.1 Å². The van der Waals surface area contributed by atoms with Gasteiger partial charge in [0.25, 0.3) is 0 Å². The summed E-state index contributed by atoms with van der Waals surface area (Å²) in [6.07, 6.45) is 0. The van der Waals surface area contributed by atoms with E-state index in [9.17, 15) is 4.79 Å². The summed E-state index contributed by atoms with van der Waals surface area (Å²) in [5.41, 5.74) is 1.24. The van der Waals surface area contributed by atoms with Crippen molar-refractivity contribution in [1.29, 1.82) is 0 Å². The largest absolute Gasteiger partial charge is 0.358 e. The van der Waals surface area contributed by atoms with E-state index in [2.05, 4.69) is 29.7 Å². The zero-order valence-corrected chi connectivity index (χ0v) is 11.6. The molecule has 0 bridgehead atoms. The lowest BCUT2D eigenvalue weighted by molar-refractivity contribution is -0.119. The second-order valence-electron chi connectivity index (χ2n) is 3.96. The van der Waals surface area contributed by atoms with E-state index in [0.29, 0.717) is 6.04 Å². The smallest absolute Gasteiger partial charge is 0.232 e. The molecule has 0 aromatic heterocycles. The maximum absolute atomic E-state index is 11.4. The summed E-state index contributed by atoms with van der Waals surface area (Å²) in [6.45, 7) is 4.03. The Morgan fingerprint density at radius 3 is 2.59 bits per heavy atom. The third-order valence-corrected chi connectivity index (χ3v) is 3.81. The quantitative estimate of drug-likeness (QED) is 0.789. The van der Waals surface area contributed by atoms with Crippen LogP contribution in [0.2, 0.25) is 0 Å². The van der Waals surface area contributed by atoms with Gasteiger partial charge in [-0.2, -0.15) is 0 Å². The van der Waals surface area contributed by atoms with Crippen LogP contribution in [0.5, 0.6) is 0 Å². The lowest BCUT2D eigenvalue weighted by atomic mass is 10.1. The normalized spacial score (nSPS) is 14.1. The Kier molecular flexibility index (Phi) is 5.51. The van der Waals surface area contributed by atoms with Crippen LogP contribution in [0.3, 0.4) is 0 Å². The zero-order chi connectivity index (χ0) is 12.8. The molecule has 2 unspecified atom stereocenters. The van der Waals surface area contributed by atoms with Crippen molar-refractivity contribution in [1.82, 2.24) is 10.6 Å². The monoisotopic (exact) mass is 252 g/mol. The van der Waals surface area contributed by atoms with Gasteiger partial charge in [0.15, 0.2) is 0 Å². The summed E-state index contributed by atoms with van der Waals surface area (Å²) in [6, 6.07) is 8.62. The van der Waals surface area contributed by atoms with E-state index < -0.39 is 0 Å². The molecule has 0 aliphatic carbocycles. The maximum Gasteiger partial charge on any atom is 0.232 e. The molecule has 0 saturated heterocycles. The Morgan fingerprint density at radius 2 is 2.00 bits per heavy atom. The minimum atomic E-state index is -0.0693. The first kappa shape index (κ1) is 14.1. The molecule has 3 nitrogen and oxygen atoms in total. The van der Waals surface area contributed by atoms with Crippen molar-refractivity contribution in [3.8, 4) is 0 Å². The van der Waals surface area contributed by atoms with Crippen LogP contribution >= 0.6 is 11.8 Å². The van der Waals surface area contributed by atoms with Crippen molar-refractivity contribution in [3.63, 3.8) is 0 Å². The number of rotatable bonds is 5. The molecule has 0 heterocycles. The minimum Gasteiger partial charge on any atom is -0.358 e. The van der Waals surface area contributed by atoms with Crippen LogP contribution in [0, 0.1) is 0 Å². The fraction of sp³-hybridized carbons (Fsp3) is 0.462. The molecular weight excluding hydrogens is 232 g/mol. The van der Waals surface area contributed by atoms with Crippen LogP contribution in [0.15, 0.2) is 29.2 Å². The molecule has 1 aromatic carbocycles. The zero-order valence-electron chi connectivity index (χ0n) is 10.8. The van der Waals surface area contributed by atoms with Crippen LogP contribution < -0.4 is 10.6 Å². The molecule has 0 aliphatic rings. The molecule has 17 heavy (non-hydrogen) atoms. The first-order chi connectivity index (χ1) is 8.08. The Hall–Kier alpha value is -1.00. The van der Waals surface area contributed by atoms with Crippen LogP contribution in [0.1, 0.15) is 25.5 Å². The first-order valence-corrected chi connectivity index (χ1v) is 6.62. The van der Waals surface area contributed by atoms with Gasteiger partial charge in [0.2, 0.25) is 5.91 Å². The van der Waals surface area contributed by atoms with E-state index in [-0.39, 0.29) is 11.2 Å². The van der Waals surface area contributed by atoms with Gasteiger partial charge in [0.1, 0.15) is 0 Å². The second kappa shape index (κ2) is 6.67. The van der Waals surface area contributed by atoms with Gasteiger partial charge in [-0.1, -0.05) is 12.1 Å². The molecular formula is C13H20N2OS. The van der Waals surface area contributed by atoms with Gasteiger partial charge in [0, 0.05) is 18.0 Å². The molecule has 2 atom stereocenters. The van der Waals surface area contributed by atoms with Crippen LogP contribution in [0.4, 0.5) is 0 Å². The van der Waals surface area contributed by atoms with E-state index >= 15 is 0 Å². The van der Waals surface area contributed by atoms with Gasteiger partial charge in [-0.25, -0.2) is 0 Å². The Bertz CT molecular complexity index is 381. The van der Waals surface area contributed by atoms with Gasteiger partial charge in [0.05, 0.1) is 5.25 Å². The summed E-state index contributed by atoms with van der Waals surface area (Å²) in [5, 5.41) is 5.80. The lowest BCUT2D eigenvalue weighted by Gasteiger charge is -2.13. The number of carbonyl (C=O) groups is 1. The van der Waals surface area contributed by atoms with E-state index in [1.807, 2.05) is 26.1 Å². The molecule has 1 amide bonds. The van der Waals surface area contributed by atoms with Crippen LogP contribution in [0.25, 0.3) is 0 Å². The molecule has 1 rings (SSSR count). The van der Waals surface area contributed by atoms with E-state index in [0.717, 1.165) is 4.90 Å². The number of hydrogen-bond donors (Lipinski definition) is 2. The van der Waals surface area contributed by atoms with Gasteiger partial charge in [-0.3, -0.25) is 4.79 Å². The molecule has 0 radical (unpaired) electrons. The molecule has 94 valence electrons. The maximum atomic E-state index is 11.4. The predicted molar refractivity (Wildman–Crippen MR) is 73.3 cm³/mol. The second-order valence-corrected chi connectivity index (χ2v) is 5.37. The third-order valence-electron chi connectivity index (χ3n) is 2.72. The van der Waals surface area contributed by atoms with Crippen LogP contribution in [-0.4, -0.2) is 25.3 Å². The summed E-state index contributed by atoms with van der Waals surface area (Å²) in [5.74, 6) is 0.0575. The Morgan fingerprint density at radius 1 is 1.29 bits per heavy atom. The molecule has 0 saturated carbocycles. The highest BCUT2D eigenvalue weighted by Crippen LogP contribution is 2.25. The molecule has 2 N–H and O–H groups in total. The molecule has 0 aliphatic heterocycles. The van der Waals surface area contributed by atoms with Crippen molar-refractivity contribution < 1.29 is 4.79 Å². The third kappa shape index (κ3) is 4.06. The molecule has 0 fully saturated rings. The fourth-order valence-corrected chi connectivity index (χ4v) is 2.48. The standard InChI is InChI=1S/C13H20N2OS/c1-9(14-3)11-6-5-7-12(8-11)17-10(2)13(16)15-4/h5-10,14H,1-4H3,(H,15,16). The highest BCUT2D eigenvalue weighted by Gasteiger charge is 2.13. The van der Waals surface area contributed by atoms with Gasteiger partial charge >= 0.3 is 0 Å². The topological polar surface area (TPSA) is 41.1 Å². The predicted octanol–water partition coefficient (Wildman–Crippen LogP) is 2.19. The summed E-state index contributed by atoms with van der Waals surface area (Å²) in [7, 11) is 3.61. The number of benzene rings is 1. The van der Waals surface area contributed by atoms with Crippen molar-refractivity contribution in [3.05, 3.63) is 29.8 Å². The Balaban J connectivity index is 2.75. The van der Waals surface area contributed by atoms with Gasteiger partial charge in [-0.05, 0) is 38.6 Å². The molecule has 1 aromatic rings. The summed E-state index contributed by atoms with van der Waals surface area (Å²) < 4.78 is 0. The van der Waals surface area contributed by atoms with Crippen molar-refractivity contribution in [2.45, 2.75) is 30.0 Å². The van der Waals surface area contributed by atoms with Crippen molar-refractivity contribution >= 4 is 17.7 Å². The van der Waals surface area contributed by atoms with E-state index in [1.165, 1.54) is 5.56 Å². The summed E-state index contributed by atoms with van der Waals surface area (Å²) in [4.78, 5) is 12.6. The number of nitrogens with one attached hydrogen (secondary N) is 2. The summed E-state index contributed by atoms with van der Waals surface area (Å²) >= 11 is 1.58. The highest BCUT2D eigenvalue weighted by molar-refractivity contribution is 8.00. The van der Waals surface area contributed by atoms with Gasteiger partial charge in [-0.15, -0.1) is 11.8 Å². The molecule has 0 spiro atoms.